The standard InChI is InChI=1S/C21H29N5O/c1-2-5-17(4-1)27-18-9-7-16(8-10-18)15-25-12-3-6-19(25)21-24-23-20-14-22-11-13-26(20)21/h7-10,17,19,22H,1-6,11-15H2/t19-/m1/s1. The molecule has 0 radical (unpaired) electrons. The molecule has 1 aromatic heterocycles. The first kappa shape index (κ1) is 17.2. The van der Waals surface area contributed by atoms with Crippen molar-refractivity contribution in [2.24, 2.45) is 0 Å². The Morgan fingerprint density at radius 3 is 2.70 bits per heavy atom. The molecule has 1 aromatic carbocycles. The van der Waals surface area contributed by atoms with Crippen molar-refractivity contribution in [3.8, 4) is 5.75 Å². The van der Waals surface area contributed by atoms with E-state index in [9.17, 15) is 0 Å². The van der Waals surface area contributed by atoms with E-state index < -0.39 is 0 Å². The Balaban J connectivity index is 1.26. The van der Waals surface area contributed by atoms with Gasteiger partial charge in [0.2, 0.25) is 0 Å². The van der Waals surface area contributed by atoms with E-state index in [4.69, 9.17) is 4.74 Å². The van der Waals surface area contributed by atoms with Crippen molar-refractivity contribution in [3.63, 3.8) is 0 Å². The number of ether oxygens (including phenoxy) is 1. The van der Waals surface area contributed by atoms with E-state index in [-0.39, 0.29) is 0 Å². The molecular formula is C21H29N5O. The van der Waals surface area contributed by atoms with Gasteiger partial charge in [0.05, 0.1) is 18.7 Å². The molecule has 6 nitrogen and oxygen atoms in total. The number of benzene rings is 1. The van der Waals surface area contributed by atoms with Crippen LogP contribution in [0.2, 0.25) is 0 Å². The average molecular weight is 367 g/mol. The van der Waals surface area contributed by atoms with E-state index in [0.717, 1.165) is 50.1 Å². The van der Waals surface area contributed by atoms with Gasteiger partial charge in [-0.15, -0.1) is 10.2 Å². The van der Waals surface area contributed by atoms with Crippen molar-refractivity contribution >= 4 is 0 Å². The van der Waals surface area contributed by atoms with E-state index in [2.05, 4.69) is 49.2 Å². The lowest BCUT2D eigenvalue weighted by atomic mass is 10.1. The van der Waals surface area contributed by atoms with Crippen molar-refractivity contribution in [2.45, 2.75) is 70.3 Å². The molecule has 1 saturated heterocycles. The topological polar surface area (TPSA) is 55.2 Å². The highest BCUT2D eigenvalue weighted by atomic mass is 16.5. The fourth-order valence-electron chi connectivity index (χ4n) is 4.78. The van der Waals surface area contributed by atoms with Crippen LogP contribution in [0.4, 0.5) is 0 Å². The lowest BCUT2D eigenvalue weighted by Gasteiger charge is -2.26. The molecule has 1 saturated carbocycles. The number of fused-ring (bicyclic) bond motifs is 1. The molecule has 5 rings (SSSR count). The molecule has 3 aliphatic rings. The maximum absolute atomic E-state index is 6.10. The number of hydrogen-bond donors (Lipinski definition) is 1. The number of nitrogens with one attached hydrogen (secondary N) is 1. The molecule has 27 heavy (non-hydrogen) atoms. The number of likely N-dealkylation sites (tertiary alicyclic amines) is 1. The Morgan fingerprint density at radius 1 is 1.00 bits per heavy atom. The van der Waals surface area contributed by atoms with Crippen molar-refractivity contribution in [3.05, 3.63) is 41.5 Å². The molecule has 2 aromatic rings. The molecule has 0 amide bonds. The highest BCUT2D eigenvalue weighted by Gasteiger charge is 2.31. The smallest absolute Gasteiger partial charge is 0.150 e. The zero-order valence-corrected chi connectivity index (χ0v) is 15.9. The minimum Gasteiger partial charge on any atom is -0.490 e. The molecule has 144 valence electrons. The lowest BCUT2D eigenvalue weighted by Crippen LogP contribution is -2.31. The SMILES string of the molecule is c1cc(OC2CCCC2)ccc1CN1CCC[C@@H]1c1nnc2n1CCNC2. The zero-order valence-electron chi connectivity index (χ0n) is 15.9. The monoisotopic (exact) mass is 367 g/mol. The molecule has 3 heterocycles. The van der Waals surface area contributed by atoms with Gasteiger partial charge in [-0.05, 0) is 62.8 Å². The van der Waals surface area contributed by atoms with Gasteiger partial charge in [-0.3, -0.25) is 4.90 Å². The van der Waals surface area contributed by atoms with Gasteiger partial charge in [0.25, 0.3) is 0 Å². The summed E-state index contributed by atoms with van der Waals surface area (Å²) in [5.74, 6) is 3.25. The fraction of sp³-hybridized carbons (Fsp3) is 0.619. The molecule has 6 heteroatoms. The fourth-order valence-corrected chi connectivity index (χ4v) is 4.78. The van der Waals surface area contributed by atoms with Gasteiger partial charge >= 0.3 is 0 Å². The minimum atomic E-state index is 0.388. The minimum absolute atomic E-state index is 0.388. The quantitative estimate of drug-likeness (QED) is 0.880. The molecule has 2 fully saturated rings. The van der Waals surface area contributed by atoms with Gasteiger partial charge in [0, 0.05) is 19.6 Å². The summed E-state index contributed by atoms with van der Waals surface area (Å²) < 4.78 is 8.43. The summed E-state index contributed by atoms with van der Waals surface area (Å²) in [5, 5.41) is 12.3. The third-order valence-corrected chi connectivity index (χ3v) is 6.23. The van der Waals surface area contributed by atoms with Crippen LogP contribution < -0.4 is 10.1 Å². The highest BCUT2D eigenvalue weighted by molar-refractivity contribution is 5.27. The average Bonchev–Trinajstić information content (AvgIpc) is 3.44. The summed E-state index contributed by atoms with van der Waals surface area (Å²) in [5.41, 5.74) is 1.35. The Morgan fingerprint density at radius 2 is 1.85 bits per heavy atom. The van der Waals surface area contributed by atoms with E-state index in [1.54, 1.807) is 0 Å². The summed E-state index contributed by atoms with van der Waals surface area (Å²) in [7, 11) is 0. The predicted molar refractivity (Wildman–Crippen MR) is 103 cm³/mol. The second-order valence-corrected chi connectivity index (χ2v) is 8.10. The molecular weight excluding hydrogens is 338 g/mol. The first-order chi connectivity index (χ1) is 13.4. The highest BCUT2D eigenvalue weighted by Crippen LogP contribution is 2.33. The van der Waals surface area contributed by atoms with Crippen LogP contribution in [0.3, 0.4) is 0 Å². The largest absolute Gasteiger partial charge is 0.490 e. The number of rotatable bonds is 5. The van der Waals surface area contributed by atoms with E-state index >= 15 is 0 Å². The number of aromatic nitrogens is 3. The van der Waals surface area contributed by atoms with Crippen molar-refractivity contribution in [1.29, 1.82) is 0 Å². The third kappa shape index (κ3) is 3.60. The second kappa shape index (κ2) is 7.60. The Bertz CT molecular complexity index is 765. The van der Waals surface area contributed by atoms with Crippen LogP contribution in [0.5, 0.6) is 5.75 Å². The van der Waals surface area contributed by atoms with E-state index in [1.165, 1.54) is 44.1 Å². The summed E-state index contributed by atoms with van der Waals surface area (Å²) in [6.07, 6.45) is 7.85. The van der Waals surface area contributed by atoms with Crippen LogP contribution in [0.25, 0.3) is 0 Å². The van der Waals surface area contributed by atoms with Gasteiger partial charge in [-0.25, -0.2) is 0 Å². The molecule has 0 unspecified atom stereocenters. The summed E-state index contributed by atoms with van der Waals surface area (Å²) in [6.45, 7) is 4.92. The van der Waals surface area contributed by atoms with Gasteiger partial charge in [-0.2, -0.15) is 0 Å². The van der Waals surface area contributed by atoms with E-state index in [0.29, 0.717) is 12.1 Å². The first-order valence-corrected chi connectivity index (χ1v) is 10.5. The molecule has 2 aliphatic heterocycles. The molecule has 1 aliphatic carbocycles. The maximum atomic E-state index is 6.10. The van der Waals surface area contributed by atoms with Gasteiger partial charge < -0.3 is 14.6 Å². The lowest BCUT2D eigenvalue weighted by molar-refractivity contribution is 0.209. The number of hydrogen-bond acceptors (Lipinski definition) is 5. The Labute approximate surface area is 160 Å². The summed E-state index contributed by atoms with van der Waals surface area (Å²) in [6, 6.07) is 9.12. The van der Waals surface area contributed by atoms with Crippen LogP contribution in [0, 0.1) is 0 Å². The maximum Gasteiger partial charge on any atom is 0.150 e. The molecule has 0 spiro atoms. The Hall–Kier alpha value is -1.92. The summed E-state index contributed by atoms with van der Waals surface area (Å²) in [4.78, 5) is 2.56. The van der Waals surface area contributed by atoms with Gasteiger partial charge in [-0.1, -0.05) is 12.1 Å². The molecule has 1 N–H and O–H groups in total. The number of nitrogens with zero attached hydrogens (tertiary/aromatic N) is 4. The van der Waals surface area contributed by atoms with Crippen LogP contribution in [0.1, 0.15) is 61.8 Å². The predicted octanol–water partition coefficient (Wildman–Crippen LogP) is 3.04. The van der Waals surface area contributed by atoms with Gasteiger partial charge in [0.15, 0.2) is 5.82 Å². The van der Waals surface area contributed by atoms with Crippen LogP contribution in [-0.4, -0.2) is 38.9 Å². The Kier molecular flexibility index (Phi) is 4.84. The van der Waals surface area contributed by atoms with Crippen molar-refractivity contribution in [2.75, 3.05) is 13.1 Å². The van der Waals surface area contributed by atoms with Crippen LogP contribution >= 0.6 is 0 Å². The summed E-state index contributed by atoms with van der Waals surface area (Å²) >= 11 is 0. The van der Waals surface area contributed by atoms with Crippen LogP contribution in [0.15, 0.2) is 24.3 Å². The third-order valence-electron chi connectivity index (χ3n) is 6.23. The van der Waals surface area contributed by atoms with E-state index in [1.807, 2.05) is 0 Å². The molecule has 1 atom stereocenters. The zero-order chi connectivity index (χ0) is 18.1. The normalized spacial score (nSPS) is 23.6. The first-order valence-electron chi connectivity index (χ1n) is 10.5. The second-order valence-electron chi connectivity index (χ2n) is 8.10. The van der Waals surface area contributed by atoms with Crippen molar-refractivity contribution in [1.82, 2.24) is 25.0 Å². The molecule has 0 bridgehead atoms. The van der Waals surface area contributed by atoms with Crippen molar-refractivity contribution < 1.29 is 4.74 Å². The van der Waals surface area contributed by atoms with Gasteiger partial charge in [0.1, 0.15) is 11.6 Å². The van der Waals surface area contributed by atoms with Crippen LogP contribution in [-0.2, 0) is 19.6 Å².